The normalized spacial score (nSPS) is 17.7. The molecule has 1 aliphatic rings. The number of carbonyl (C=O) groups excluding carboxylic acids is 2. The van der Waals surface area contributed by atoms with Gasteiger partial charge in [0.15, 0.2) is 0 Å². The fraction of sp³-hybridized carbons (Fsp3) is 0.423. The Morgan fingerprint density at radius 1 is 1.21 bits per heavy atom. The van der Waals surface area contributed by atoms with Crippen molar-refractivity contribution in [3.63, 3.8) is 0 Å². The first-order valence-electron chi connectivity index (χ1n) is 11.5. The number of nitrogens with zero attached hydrogens (tertiary/aromatic N) is 2. The summed E-state index contributed by atoms with van der Waals surface area (Å²) in [5.41, 5.74) is 1.77. The molecule has 0 spiro atoms. The molecule has 0 saturated carbocycles. The van der Waals surface area contributed by atoms with E-state index in [-0.39, 0.29) is 5.57 Å². The third-order valence-corrected chi connectivity index (χ3v) is 5.81. The highest BCUT2D eigenvalue weighted by Crippen LogP contribution is 2.39. The number of aryl methyl sites for hydroxylation is 1. The highest BCUT2D eigenvalue weighted by Gasteiger charge is 2.44. The summed E-state index contributed by atoms with van der Waals surface area (Å²) < 4.78 is 5.74. The predicted molar refractivity (Wildman–Crippen MR) is 124 cm³/mol. The van der Waals surface area contributed by atoms with Gasteiger partial charge >= 0.3 is 0 Å². The van der Waals surface area contributed by atoms with Crippen LogP contribution in [0.15, 0.2) is 48.3 Å². The monoisotopic (exact) mass is 451 g/mol. The molecular weight excluding hydrogens is 418 g/mol. The lowest BCUT2D eigenvalue weighted by Gasteiger charge is -2.28. The van der Waals surface area contributed by atoms with Crippen molar-refractivity contribution in [2.75, 3.05) is 33.8 Å². The van der Waals surface area contributed by atoms with E-state index in [0.29, 0.717) is 35.6 Å². The van der Waals surface area contributed by atoms with Crippen molar-refractivity contribution in [2.45, 2.75) is 39.2 Å². The van der Waals surface area contributed by atoms with Gasteiger partial charge in [0.25, 0.3) is 5.91 Å². The number of Topliss-reactive ketones (excluding diaryl/α,β-unsaturated/α-hetero) is 1. The van der Waals surface area contributed by atoms with Gasteiger partial charge in [0, 0.05) is 30.9 Å². The van der Waals surface area contributed by atoms with E-state index >= 15 is 0 Å². The summed E-state index contributed by atoms with van der Waals surface area (Å²) in [6, 6.07) is 8.06. The van der Waals surface area contributed by atoms with Gasteiger partial charge in [0.05, 0.1) is 33.3 Å². The zero-order valence-electron chi connectivity index (χ0n) is 19.9. The van der Waals surface area contributed by atoms with E-state index in [1.807, 2.05) is 21.0 Å². The number of benzene rings is 1. The minimum Gasteiger partial charge on any atom is -0.872 e. The predicted octanol–water partition coefficient (Wildman–Crippen LogP) is 1.33. The Bertz CT molecular complexity index is 1020. The van der Waals surface area contributed by atoms with Crippen LogP contribution in [-0.4, -0.2) is 55.4 Å². The molecule has 1 unspecified atom stereocenters. The molecule has 1 saturated heterocycles. The minimum atomic E-state index is -0.733. The molecule has 2 aromatic rings. The van der Waals surface area contributed by atoms with Crippen LogP contribution in [-0.2, 0) is 9.59 Å². The average Bonchev–Trinajstić information content (AvgIpc) is 3.04. The second-order valence-electron chi connectivity index (χ2n) is 8.75. The summed E-state index contributed by atoms with van der Waals surface area (Å²) in [5, 5.41) is 13.6. The number of ketones is 1. The molecule has 7 nitrogen and oxygen atoms in total. The number of amides is 1. The van der Waals surface area contributed by atoms with Crippen molar-refractivity contribution in [3.05, 3.63) is 65.0 Å². The van der Waals surface area contributed by atoms with Gasteiger partial charge in [-0.25, -0.2) is 0 Å². The summed E-state index contributed by atoms with van der Waals surface area (Å²) in [5.74, 6) is -1.08. The Balaban J connectivity index is 2.00. The van der Waals surface area contributed by atoms with E-state index in [1.165, 1.54) is 9.80 Å². The van der Waals surface area contributed by atoms with Gasteiger partial charge < -0.3 is 19.6 Å². The molecule has 1 aromatic carbocycles. The molecule has 176 valence electrons. The second-order valence-corrected chi connectivity index (χ2v) is 8.75. The molecule has 3 rings (SSSR count). The molecule has 0 radical (unpaired) electrons. The number of unbranched alkanes of at least 4 members (excludes halogenated alkanes) is 1. The van der Waals surface area contributed by atoms with E-state index in [1.54, 1.807) is 42.7 Å². The molecule has 2 heterocycles. The van der Waals surface area contributed by atoms with E-state index in [4.69, 9.17) is 4.74 Å². The average molecular weight is 452 g/mol. The number of hydrogen-bond donors (Lipinski definition) is 1. The van der Waals surface area contributed by atoms with E-state index in [9.17, 15) is 14.7 Å². The third kappa shape index (κ3) is 5.60. The molecule has 1 amide bonds. The number of carbonyl (C=O) groups is 2. The minimum absolute atomic E-state index is 0.00653. The highest BCUT2D eigenvalue weighted by atomic mass is 16.5. The number of likely N-dealkylation sites (tertiary alicyclic amines) is 1. The maximum absolute atomic E-state index is 13.6. The number of hydrogen-bond acceptors (Lipinski definition) is 5. The quantitative estimate of drug-likeness (QED) is 0.255. The van der Waals surface area contributed by atoms with Gasteiger partial charge in [0.1, 0.15) is 5.75 Å². The molecule has 0 bridgehead atoms. The maximum atomic E-state index is 13.6. The van der Waals surface area contributed by atoms with E-state index in [2.05, 4.69) is 11.9 Å². The van der Waals surface area contributed by atoms with Gasteiger partial charge in [-0.15, -0.1) is 0 Å². The lowest BCUT2D eigenvalue weighted by Crippen LogP contribution is -3.05. The fourth-order valence-corrected chi connectivity index (χ4v) is 4.05. The SMILES string of the molecule is CCCCOc1ccc(/C([O-])=C2\C(=O)C(=O)N(CCC[NH+](C)C)C2c2cccnc2)c(C)c1. The number of rotatable bonds is 10. The van der Waals surface area contributed by atoms with Gasteiger partial charge in [0.2, 0.25) is 5.78 Å². The number of nitrogens with one attached hydrogen (secondary N) is 1. The van der Waals surface area contributed by atoms with Crippen LogP contribution in [0.3, 0.4) is 0 Å². The Kier molecular flexibility index (Phi) is 8.22. The molecular formula is C26H33N3O4. The van der Waals surface area contributed by atoms with Crippen LogP contribution in [0.5, 0.6) is 5.75 Å². The van der Waals surface area contributed by atoms with E-state index < -0.39 is 23.5 Å². The standard InChI is InChI=1S/C26H33N3O4/c1-5-6-15-33-20-10-11-21(18(2)16-20)24(30)22-23(19-9-7-12-27-17-19)29(26(32)25(22)31)14-8-13-28(3)4/h7,9-12,16-17,23,30H,5-6,8,13-15H2,1-4H3/b24-22+. The van der Waals surface area contributed by atoms with Crippen molar-refractivity contribution in [1.82, 2.24) is 9.88 Å². The van der Waals surface area contributed by atoms with Crippen molar-refractivity contribution in [2.24, 2.45) is 0 Å². The summed E-state index contributed by atoms with van der Waals surface area (Å²) in [4.78, 5) is 32.9. The van der Waals surface area contributed by atoms with Crippen LogP contribution in [0.1, 0.15) is 48.9 Å². The molecule has 7 heteroatoms. The molecule has 1 fully saturated rings. The van der Waals surface area contributed by atoms with Crippen molar-refractivity contribution < 1.29 is 24.3 Å². The summed E-state index contributed by atoms with van der Waals surface area (Å²) in [6.07, 6.45) is 5.96. The van der Waals surface area contributed by atoms with Crippen molar-refractivity contribution in [1.29, 1.82) is 0 Å². The van der Waals surface area contributed by atoms with Gasteiger partial charge in [-0.05, 0) is 48.2 Å². The molecule has 1 atom stereocenters. The summed E-state index contributed by atoms with van der Waals surface area (Å²) >= 11 is 0. The second kappa shape index (κ2) is 11.1. The van der Waals surface area contributed by atoms with Crippen LogP contribution in [0.2, 0.25) is 0 Å². The first-order chi connectivity index (χ1) is 15.8. The van der Waals surface area contributed by atoms with Crippen LogP contribution >= 0.6 is 0 Å². The van der Waals surface area contributed by atoms with Crippen LogP contribution < -0.4 is 14.7 Å². The number of pyridine rings is 1. The topological polar surface area (TPSA) is 87.0 Å². The number of aromatic nitrogens is 1. The van der Waals surface area contributed by atoms with Crippen LogP contribution in [0.4, 0.5) is 0 Å². The first-order valence-corrected chi connectivity index (χ1v) is 11.5. The fourth-order valence-electron chi connectivity index (χ4n) is 4.05. The Morgan fingerprint density at radius 2 is 2.00 bits per heavy atom. The Labute approximate surface area is 195 Å². The van der Waals surface area contributed by atoms with Crippen molar-refractivity contribution in [3.8, 4) is 5.75 Å². The molecule has 0 aliphatic carbocycles. The van der Waals surface area contributed by atoms with Crippen molar-refractivity contribution >= 4 is 17.4 Å². The molecule has 1 aromatic heterocycles. The van der Waals surface area contributed by atoms with Gasteiger partial charge in [-0.2, -0.15) is 0 Å². The zero-order chi connectivity index (χ0) is 24.0. The highest BCUT2D eigenvalue weighted by molar-refractivity contribution is 6.46. The van der Waals surface area contributed by atoms with Gasteiger partial charge in [-0.3, -0.25) is 14.6 Å². The Hall–Kier alpha value is -3.19. The number of ether oxygens (including phenoxy) is 1. The lowest BCUT2D eigenvalue weighted by molar-refractivity contribution is -0.858. The third-order valence-electron chi connectivity index (χ3n) is 5.81. The van der Waals surface area contributed by atoms with Gasteiger partial charge in [-0.1, -0.05) is 31.2 Å². The summed E-state index contributed by atoms with van der Waals surface area (Å²) in [6.45, 7) is 5.77. The summed E-state index contributed by atoms with van der Waals surface area (Å²) in [7, 11) is 4.07. The van der Waals surface area contributed by atoms with Crippen LogP contribution in [0, 0.1) is 6.92 Å². The Morgan fingerprint density at radius 3 is 2.64 bits per heavy atom. The molecule has 1 N–H and O–H groups in total. The largest absolute Gasteiger partial charge is 0.872 e. The first kappa shape index (κ1) is 24.5. The lowest BCUT2D eigenvalue weighted by atomic mass is 9.94. The van der Waals surface area contributed by atoms with E-state index in [0.717, 1.165) is 25.8 Å². The number of quaternary nitrogens is 1. The smallest absolute Gasteiger partial charge is 0.295 e. The van der Waals surface area contributed by atoms with Crippen LogP contribution in [0.25, 0.3) is 5.76 Å². The molecule has 33 heavy (non-hydrogen) atoms. The zero-order valence-corrected chi connectivity index (χ0v) is 19.9. The molecule has 1 aliphatic heterocycles. The maximum Gasteiger partial charge on any atom is 0.295 e.